The van der Waals surface area contributed by atoms with Gasteiger partial charge in [0.1, 0.15) is 5.82 Å². The van der Waals surface area contributed by atoms with Crippen LogP contribution < -0.4 is 5.73 Å². The van der Waals surface area contributed by atoms with Gasteiger partial charge in [-0.2, -0.15) is 0 Å². The molecule has 0 spiro atoms. The first-order valence-corrected chi connectivity index (χ1v) is 3.66. The average molecular weight is 166 g/mol. The molecule has 2 N–H and O–H groups in total. The molecular weight excluding hydrogens is 155 g/mol. The Bertz CT molecular complexity index is 297. The highest BCUT2D eigenvalue weighted by atomic mass is 19.1. The van der Waals surface area contributed by atoms with E-state index in [9.17, 15) is 4.39 Å². The van der Waals surface area contributed by atoms with Crippen LogP contribution in [0.3, 0.4) is 0 Å². The van der Waals surface area contributed by atoms with Gasteiger partial charge in [0.15, 0.2) is 0 Å². The zero-order chi connectivity index (χ0) is 9.14. The smallest absolute Gasteiger partial charge is 0.144 e. The Morgan fingerprint density at radius 3 is 2.83 bits per heavy atom. The molecule has 3 heteroatoms. The van der Waals surface area contributed by atoms with Gasteiger partial charge in [0.25, 0.3) is 0 Å². The lowest BCUT2D eigenvalue weighted by Crippen LogP contribution is -2.09. The fourth-order valence-corrected chi connectivity index (χ4v) is 0.870. The minimum Gasteiger partial charge on any atom is -0.319 e. The number of pyridine rings is 1. The zero-order valence-corrected chi connectivity index (χ0v) is 6.92. The fraction of sp³-hybridized carbons (Fsp3) is 0.222. The van der Waals surface area contributed by atoms with Crippen LogP contribution >= 0.6 is 0 Å². The molecule has 1 rings (SSSR count). The van der Waals surface area contributed by atoms with E-state index >= 15 is 0 Å². The van der Waals surface area contributed by atoms with E-state index in [1.165, 1.54) is 6.07 Å². The quantitative estimate of drug-likeness (QED) is 0.679. The molecule has 0 fully saturated rings. The minimum absolute atomic E-state index is 0.310. The highest BCUT2D eigenvalue weighted by molar-refractivity contribution is 5.17. The van der Waals surface area contributed by atoms with Crippen molar-refractivity contribution in [2.45, 2.75) is 13.0 Å². The second kappa shape index (κ2) is 3.45. The van der Waals surface area contributed by atoms with E-state index in [-0.39, 0.29) is 11.9 Å². The Hall–Kier alpha value is -1.22. The second-order valence-electron chi connectivity index (χ2n) is 2.56. The molecule has 0 aromatic carbocycles. The van der Waals surface area contributed by atoms with Gasteiger partial charge >= 0.3 is 0 Å². The Balaban J connectivity index is 3.04. The van der Waals surface area contributed by atoms with E-state index in [4.69, 9.17) is 5.73 Å². The zero-order valence-electron chi connectivity index (χ0n) is 6.92. The topological polar surface area (TPSA) is 38.9 Å². The number of aryl methyl sites for hydroxylation is 1. The molecular formula is C9H11FN2. The van der Waals surface area contributed by atoms with Crippen molar-refractivity contribution in [3.05, 3.63) is 42.0 Å². The molecule has 1 heterocycles. The fourth-order valence-electron chi connectivity index (χ4n) is 0.870. The van der Waals surface area contributed by atoms with Crippen LogP contribution in [-0.4, -0.2) is 4.98 Å². The third-order valence-corrected chi connectivity index (χ3v) is 1.64. The van der Waals surface area contributed by atoms with Crippen molar-refractivity contribution in [3.8, 4) is 0 Å². The molecule has 0 radical (unpaired) electrons. The summed E-state index contributed by atoms with van der Waals surface area (Å²) in [6, 6.07) is 2.61. The van der Waals surface area contributed by atoms with E-state index in [2.05, 4.69) is 11.6 Å². The summed E-state index contributed by atoms with van der Waals surface area (Å²) >= 11 is 0. The van der Waals surface area contributed by atoms with Crippen LogP contribution in [0, 0.1) is 12.7 Å². The Morgan fingerprint density at radius 1 is 1.67 bits per heavy atom. The van der Waals surface area contributed by atoms with Crippen molar-refractivity contribution in [1.29, 1.82) is 0 Å². The van der Waals surface area contributed by atoms with E-state index in [0.29, 0.717) is 11.4 Å². The SMILES string of the molecule is C=C[C@@H](N)c1ccc(F)c(C)n1. The molecule has 0 unspecified atom stereocenters. The van der Waals surface area contributed by atoms with Gasteiger partial charge in [-0.05, 0) is 19.1 Å². The second-order valence-corrected chi connectivity index (χ2v) is 2.56. The van der Waals surface area contributed by atoms with Gasteiger partial charge in [-0.15, -0.1) is 6.58 Å². The first kappa shape index (κ1) is 8.87. The third kappa shape index (κ3) is 1.68. The molecule has 0 saturated heterocycles. The number of nitrogens with zero attached hydrogens (tertiary/aromatic N) is 1. The van der Waals surface area contributed by atoms with Crippen LogP contribution in [0.15, 0.2) is 24.8 Å². The average Bonchev–Trinajstić information content (AvgIpc) is 2.08. The van der Waals surface area contributed by atoms with E-state index < -0.39 is 0 Å². The molecule has 64 valence electrons. The summed E-state index contributed by atoms with van der Waals surface area (Å²) in [5.41, 5.74) is 6.62. The largest absolute Gasteiger partial charge is 0.319 e. The van der Waals surface area contributed by atoms with Crippen molar-refractivity contribution in [2.75, 3.05) is 0 Å². The molecule has 0 amide bonds. The van der Waals surface area contributed by atoms with Gasteiger partial charge in [0, 0.05) is 0 Å². The highest BCUT2D eigenvalue weighted by Gasteiger charge is 2.04. The standard InChI is InChI=1S/C9H11FN2/c1-3-8(11)9-5-4-7(10)6(2)12-9/h3-5,8H,1,11H2,2H3/t8-/m1/s1. The number of aromatic nitrogens is 1. The molecule has 1 atom stereocenters. The first-order chi connectivity index (χ1) is 5.65. The van der Waals surface area contributed by atoms with E-state index in [0.717, 1.165) is 0 Å². The maximum atomic E-state index is 12.7. The summed E-state index contributed by atoms with van der Waals surface area (Å²) in [6.45, 7) is 5.14. The van der Waals surface area contributed by atoms with Crippen LogP contribution in [0.25, 0.3) is 0 Å². The summed E-state index contributed by atoms with van der Waals surface area (Å²) in [7, 11) is 0. The highest BCUT2D eigenvalue weighted by Crippen LogP contribution is 2.10. The van der Waals surface area contributed by atoms with Crippen molar-refractivity contribution >= 4 is 0 Å². The lowest BCUT2D eigenvalue weighted by Gasteiger charge is -2.05. The monoisotopic (exact) mass is 166 g/mol. The Morgan fingerprint density at radius 2 is 2.33 bits per heavy atom. The molecule has 0 aliphatic rings. The number of nitrogens with two attached hydrogens (primary N) is 1. The first-order valence-electron chi connectivity index (χ1n) is 3.66. The Labute approximate surface area is 70.9 Å². The Kier molecular flexibility index (Phi) is 2.55. The van der Waals surface area contributed by atoms with Crippen molar-refractivity contribution in [2.24, 2.45) is 5.73 Å². The lowest BCUT2D eigenvalue weighted by molar-refractivity contribution is 0.605. The summed E-state index contributed by atoms with van der Waals surface area (Å²) in [5.74, 6) is -0.310. The minimum atomic E-state index is -0.315. The predicted molar refractivity (Wildman–Crippen MR) is 46.1 cm³/mol. The van der Waals surface area contributed by atoms with Crippen LogP contribution in [-0.2, 0) is 0 Å². The van der Waals surface area contributed by atoms with Gasteiger partial charge in [-0.25, -0.2) is 4.39 Å². The maximum absolute atomic E-state index is 12.7. The lowest BCUT2D eigenvalue weighted by atomic mass is 10.2. The molecule has 0 saturated carbocycles. The molecule has 0 aliphatic heterocycles. The molecule has 12 heavy (non-hydrogen) atoms. The number of halogens is 1. The van der Waals surface area contributed by atoms with E-state index in [1.54, 1.807) is 19.1 Å². The summed E-state index contributed by atoms with van der Waals surface area (Å²) in [4.78, 5) is 3.97. The van der Waals surface area contributed by atoms with Gasteiger partial charge in [-0.3, -0.25) is 4.98 Å². The summed E-state index contributed by atoms with van der Waals surface area (Å²) < 4.78 is 12.7. The van der Waals surface area contributed by atoms with Crippen LogP contribution in [0.4, 0.5) is 4.39 Å². The van der Waals surface area contributed by atoms with Gasteiger partial charge < -0.3 is 5.73 Å². The van der Waals surface area contributed by atoms with Crippen LogP contribution in [0.5, 0.6) is 0 Å². The molecule has 0 aliphatic carbocycles. The van der Waals surface area contributed by atoms with Crippen LogP contribution in [0.2, 0.25) is 0 Å². The third-order valence-electron chi connectivity index (χ3n) is 1.64. The van der Waals surface area contributed by atoms with Crippen molar-refractivity contribution in [3.63, 3.8) is 0 Å². The van der Waals surface area contributed by atoms with Gasteiger partial charge in [0.2, 0.25) is 0 Å². The van der Waals surface area contributed by atoms with Crippen molar-refractivity contribution < 1.29 is 4.39 Å². The summed E-state index contributed by atoms with van der Waals surface area (Å²) in [6.07, 6.45) is 1.57. The number of hydrogen-bond donors (Lipinski definition) is 1. The van der Waals surface area contributed by atoms with Crippen molar-refractivity contribution in [1.82, 2.24) is 4.98 Å². The predicted octanol–water partition coefficient (Wildman–Crippen LogP) is 1.71. The van der Waals surface area contributed by atoms with E-state index in [1.807, 2.05) is 0 Å². The maximum Gasteiger partial charge on any atom is 0.144 e. The molecule has 2 nitrogen and oxygen atoms in total. The number of rotatable bonds is 2. The number of hydrogen-bond acceptors (Lipinski definition) is 2. The summed E-state index contributed by atoms with van der Waals surface area (Å²) in [5, 5.41) is 0. The van der Waals surface area contributed by atoms with Crippen LogP contribution in [0.1, 0.15) is 17.4 Å². The van der Waals surface area contributed by atoms with Gasteiger partial charge in [0.05, 0.1) is 17.4 Å². The molecule has 1 aromatic heterocycles. The van der Waals surface area contributed by atoms with Gasteiger partial charge in [-0.1, -0.05) is 6.08 Å². The normalized spacial score (nSPS) is 12.6. The molecule has 0 bridgehead atoms. The molecule has 1 aromatic rings.